The van der Waals surface area contributed by atoms with E-state index in [0.29, 0.717) is 26.8 Å². The largest absolute Gasteiger partial charge is 0.339 e. The third-order valence-corrected chi connectivity index (χ3v) is 6.67. The van der Waals surface area contributed by atoms with Crippen LogP contribution in [-0.4, -0.2) is 40.7 Å². The van der Waals surface area contributed by atoms with Crippen LogP contribution >= 0.6 is 22.7 Å². The molecule has 0 radical (unpaired) electrons. The van der Waals surface area contributed by atoms with Gasteiger partial charge in [0.25, 0.3) is 17.7 Å². The van der Waals surface area contributed by atoms with E-state index in [1.165, 1.54) is 22.7 Å². The number of carbonyl (C=O) groups excluding carboxylic acids is 3. The summed E-state index contributed by atoms with van der Waals surface area (Å²) in [4.78, 5) is 44.8. The Hall–Kier alpha value is -3.04. The van der Waals surface area contributed by atoms with Gasteiger partial charge in [0, 0.05) is 35.3 Å². The lowest BCUT2D eigenvalue weighted by Gasteiger charge is -2.26. The van der Waals surface area contributed by atoms with E-state index in [2.05, 4.69) is 15.6 Å². The van der Waals surface area contributed by atoms with Crippen molar-refractivity contribution in [3.8, 4) is 0 Å². The molecule has 31 heavy (non-hydrogen) atoms. The first-order valence-electron chi connectivity index (χ1n) is 10.0. The molecule has 0 atom stereocenters. The Morgan fingerprint density at radius 2 is 1.65 bits per heavy atom. The molecule has 1 aliphatic rings. The average Bonchev–Trinajstić information content (AvgIpc) is 3.42. The molecule has 3 amide bonds. The van der Waals surface area contributed by atoms with E-state index in [4.69, 9.17) is 0 Å². The minimum Gasteiger partial charge on any atom is -0.339 e. The van der Waals surface area contributed by atoms with Gasteiger partial charge >= 0.3 is 0 Å². The minimum atomic E-state index is -0.335. The van der Waals surface area contributed by atoms with E-state index in [-0.39, 0.29) is 17.7 Å². The van der Waals surface area contributed by atoms with Crippen LogP contribution in [0.25, 0.3) is 0 Å². The Kier molecular flexibility index (Phi) is 6.43. The molecule has 1 aromatic carbocycles. The summed E-state index contributed by atoms with van der Waals surface area (Å²) in [7, 11) is 0. The van der Waals surface area contributed by atoms with Gasteiger partial charge in [-0.2, -0.15) is 0 Å². The zero-order valence-corrected chi connectivity index (χ0v) is 18.6. The average molecular weight is 455 g/mol. The number of thiazole rings is 1. The van der Waals surface area contributed by atoms with Gasteiger partial charge in [-0.25, -0.2) is 4.98 Å². The first-order valence-corrected chi connectivity index (χ1v) is 11.7. The van der Waals surface area contributed by atoms with Gasteiger partial charge in [-0.1, -0.05) is 0 Å². The molecule has 1 saturated heterocycles. The van der Waals surface area contributed by atoms with Gasteiger partial charge in [0.15, 0.2) is 5.13 Å². The van der Waals surface area contributed by atoms with Crippen LogP contribution in [0, 0.1) is 6.92 Å². The van der Waals surface area contributed by atoms with Crippen molar-refractivity contribution < 1.29 is 14.4 Å². The molecule has 7 nitrogen and oxygen atoms in total. The summed E-state index contributed by atoms with van der Waals surface area (Å²) in [6, 6.07) is 8.30. The molecule has 3 aromatic rings. The fourth-order valence-corrected chi connectivity index (χ4v) is 4.82. The maximum absolute atomic E-state index is 12.7. The van der Waals surface area contributed by atoms with Gasteiger partial charge in [-0.3, -0.25) is 19.7 Å². The number of piperidine rings is 1. The maximum Gasteiger partial charge on any atom is 0.260 e. The van der Waals surface area contributed by atoms with E-state index < -0.39 is 0 Å². The quantitative estimate of drug-likeness (QED) is 0.587. The van der Waals surface area contributed by atoms with E-state index in [0.717, 1.165) is 37.2 Å². The third-order valence-electron chi connectivity index (χ3n) is 5.02. The SMILES string of the molecule is Cc1cnc(NC(=O)c2ccsc2NC(=O)c2ccc(C(=O)N3CCCCC3)cc2)s1. The fraction of sp³-hybridized carbons (Fsp3) is 0.273. The fourth-order valence-electron chi connectivity index (χ4n) is 3.38. The van der Waals surface area contributed by atoms with Crippen molar-refractivity contribution in [3.05, 3.63) is 63.5 Å². The molecular formula is C22H22N4O3S2. The van der Waals surface area contributed by atoms with Crippen molar-refractivity contribution >= 4 is 50.5 Å². The first-order chi connectivity index (χ1) is 15.0. The highest BCUT2D eigenvalue weighted by atomic mass is 32.1. The Labute approximate surface area is 188 Å². The number of aromatic nitrogens is 1. The number of rotatable bonds is 5. The number of aryl methyl sites for hydroxylation is 1. The van der Waals surface area contributed by atoms with Crippen molar-refractivity contribution in [1.29, 1.82) is 0 Å². The highest BCUT2D eigenvalue weighted by Crippen LogP contribution is 2.26. The van der Waals surface area contributed by atoms with E-state index >= 15 is 0 Å². The molecule has 2 N–H and O–H groups in total. The normalized spacial score (nSPS) is 13.6. The van der Waals surface area contributed by atoms with Crippen LogP contribution in [0.3, 0.4) is 0 Å². The van der Waals surface area contributed by atoms with Gasteiger partial charge in [-0.15, -0.1) is 22.7 Å². The summed E-state index contributed by atoms with van der Waals surface area (Å²) in [5.41, 5.74) is 1.38. The van der Waals surface area contributed by atoms with Gasteiger partial charge in [0.2, 0.25) is 0 Å². The second-order valence-electron chi connectivity index (χ2n) is 7.28. The van der Waals surface area contributed by atoms with Crippen LogP contribution in [0.4, 0.5) is 10.1 Å². The van der Waals surface area contributed by atoms with Crippen LogP contribution in [0.2, 0.25) is 0 Å². The zero-order chi connectivity index (χ0) is 21.8. The number of amides is 3. The number of likely N-dealkylation sites (tertiary alicyclic amines) is 1. The second-order valence-corrected chi connectivity index (χ2v) is 9.43. The van der Waals surface area contributed by atoms with Crippen LogP contribution in [0.15, 0.2) is 41.9 Å². The Morgan fingerprint density at radius 1 is 0.935 bits per heavy atom. The van der Waals surface area contributed by atoms with Gasteiger partial charge < -0.3 is 10.2 Å². The van der Waals surface area contributed by atoms with Crippen molar-refractivity contribution in [1.82, 2.24) is 9.88 Å². The van der Waals surface area contributed by atoms with E-state index in [9.17, 15) is 14.4 Å². The molecule has 9 heteroatoms. The smallest absolute Gasteiger partial charge is 0.260 e. The molecule has 0 unspecified atom stereocenters. The Morgan fingerprint density at radius 3 is 2.32 bits per heavy atom. The lowest BCUT2D eigenvalue weighted by Crippen LogP contribution is -2.35. The van der Waals surface area contributed by atoms with Crippen molar-refractivity contribution in [3.63, 3.8) is 0 Å². The highest BCUT2D eigenvalue weighted by Gasteiger charge is 2.20. The van der Waals surface area contributed by atoms with Crippen LogP contribution in [0.5, 0.6) is 0 Å². The highest BCUT2D eigenvalue weighted by molar-refractivity contribution is 7.16. The number of nitrogens with zero attached hydrogens (tertiary/aromatic N) is 2. The third kappa shape index (κ3) is 5.00. The second kappa shape index (κ2) is 9.40. The molecule has 0 bridgehead atoms. The minimum absolute atomic E-state index is 0.00120. The summed E-state index contributed by atoms with van der Waals surface area (Å²) in [6.07, 6.45) is 4.92. The molecule has 1 fully saturated rings. The predicted molar refractivity (Wildman–Crippen MR) is 123 cm³/mol. The molecule has 1 aliphatic heterocycles. The molecule has 0 spiro atoms. The predicted octanol–water partition coefficient (Wildman–Crippen LogP) is 4.64. The van der Waals surface area contributed by atoms with Crippen LogP contribution < -0.4 is 10.6 Å². The molecule has 3 heterocycles. The van der Waals surface area contributed by atoms with Crippen LogP contribution in [0.1, 0.15) is 55.2 Å². The monoisotopic (exact) mass is 454 g/mol. The summed E-state index contributed by atoms with van der Waals surface area (Å²) in [6.45, 7) is 3.48. The molecular weight excluding hydrogens is 432 g/mol. The van der Waals surface area contributed by atoms with Gasteiger partial charge in [-0.05, 0) is 61.9 Å². The van der Waals surface area contributed by atoms with Crippen LogP contribution in [-0.2, 0) is 0 Å². The summed E-state index contributed by atoms with van der Waals surface area (Å²) in [5, 5.41) is 8.27. The number of benzene rings is 1. The zero-order valence-electron chi connectivity index (χ0n) is 17.0. The number of thiophene rings is 1. The van der Waals surface area contributed by atoms with Crippen molar-refractivity contribution in [2.75, 3.05) is 23.7 Å². The summed E-state index contributed by atoms with van der Waals surface area (Å²) < 4.78 is 0. The molecule has 0 saturated carbocycles. The number of anilines is 2. The Balaban J connectivity index is 1.41. The van der Waals surface area contributed by atoms with Gasteiger partial charge in [0.1, 0.15) is 5.00 Å². The topological polar surface area (TPSA) is 91.4 Å². The standard InChI is InChI=1S/C22H22N4O3S2/c1-14-13-23-22(31-14)25-19(28)17-9-12-30-20(17)24-18(27)15-5-7-16(8-6-15)21(29)26-10-3-2-4-11-26/h5-9,12-13H,2-4,10-11H2,1H3,(H,24,27)(H,23,25,28). The lowest BCUT2D eigenvalue weighted by molar-refractivity contribution is 0.0723. The number of carbonyl (C=O) groups is 3. The van der Waals surface area contributed by atoms with E-state index in [1.807, 2.05) is 11.8 Å². The van der Waals surface area contributed by atoms with E-state index in [1.54, 1.807) is 41.9 Å². The molecule has 160 valence electrons. The molecule has 0 aliphatic carbocycles. The summed E-state index contributed by atoms with van der Waals surface area (Å²) in [5.74, 6) is -0.659. The van der Waals surface area contributed by atoms with Gasteiger partial charge in [0.05, 0.1) is 5.56 Å². The first kappa shape index (κ1) is 21.2. The number of nitrogens with one attached hydrogen (secondary N) is 2. The number of hydrogen-bond donors (Lipinski definition) is 2. The van der Waals surface area contributed by atoms with Crippen molar-refractivity contribution in [2.24, 2.45) is 0 Å². The van der Waals surface area contributed by atoms with Crippen molar-refractivity contribution in [2.45, 2.75) is 26.2 Å². The molecule has 4 rings (SSSR count). The maximum atomic E-state index is 12.7. The Bertz CT molecular complexity index is 1100. The summed E-state index contributed by atoms with van der Waals surface area (Å²) >= 11 is 2.66. The molecule has 2 aromatic heterocycles. The lowest BCUT2D eigenvalue weighted by atomic mass is 10.1. The number of hydrogen-bond acceptors (Lipinski definition) is 6.